The second kappa shape index (κ2) is 4.13. The van der Waals surface area contributed by atoms with Crippen LogP contribution in [0.5, 0.6) is 0 Å². The Kier molecular flexibility index (Phi) is 2.48. The summed E-state index contributed by atoms with van der Waals surface area (Å²) in [6.45, 7) is 1.74. The van der Waals surface area contributed by atoms with Gasteiger partial charge < -0.3 is 4.90 Å². The highest BCUT2D eigenvalue weighted by Crippen LogP contribution is 2.24. The van der Waals surface area contributed by atoms with Crippen molar-refractivity contribution in [3.05, 3.63) is 42.5 Å². The van der Waals surface area contributed by atoms with E-state index in [4.69, 9.17) is 0 Å². The summed E-state index contributed by atoms with van der Waals surface area (Å²) in [5.74, 6) is 0.569. The van der Waals surface area contributed by atoms with Gasteiger partial charge in [0, 0.05) is 18.5 Å². The van der Waals surface area contributed by atoms with Crippen LogP contribution < -0.4 is 4.90 Å². The Labute approximate surface area is 98.6 Å². The van der Waals surface area contributed by atoms with Gasteiger partial charge >= 0.3 is 0 Å². The van der Waals surface area contributed by atoms with E-state index in [-0.39, 0.29) is 5.82 Å². The molecule has 1 aromatic carbocycles. The van der Waals surface area contributed by atoms with Crippen molar-refractivity contribution < 1.29 is 4.39 Å². The average molecular weight is 229 g/mol. The summed E-state index contributed by atoms with van der Waals surface area (Å²) in [5.41, 5.74) is 0.783. The molecule has 86 valence electrons. The highest BCUT2D eigenvalue weighted by molar-refractivity contribution is 5.89. The van der Waals surface area contributed by atoms with Gasteiger partial charge in [-0.05, 0) is 24.6 Å². The lowest BCUT2D eigenvalue weighted by Crippen LogP contribution is -2.27. The molecule has 1 aromatic heterocycles. The quantitative estimate of drug-likeness (QED) is 0.704. The summed E-state index contributed by atoms with van der Waals surface area (Å²) in [5, 5.41) is 0.780. The molecule has 0 bridgehead atoms. The molecular formula is C13H12FN3. The Hall–Kier alpha value is -1.97. The molecule has 2 heterocycles. The summed E-state index contributed by atoms with van der Waals surface area (Å²) in [7, 11) is 0. The second-order valence-corrected chi connectivity index (χ2v) is 4.06. The van der Waals surface area contributed by atoms with E-state index >= 15 is 0 Å². The van der Waals surface area contributed by atoms with Crippen molar-refractivity contribution in [1.82, 2.24) is 9.97 Å². The molecule has 0 aliphatic carbocycles. The van der Waals surface area contributed by atoms with Crippen molar-refractivity contribution >= 4 is 16.7 Å². The molecule has 3 rings (SSSR count). The standard InChI is InChI=1S/C13H12FN3/c14-10-4-5-12-11(8-10)13(16-9-15-12)17-6-2-1-3-7-17/h1-2,4-5,8-9H,3,6-7H2. The molecule has 0 saturated carbocycles. The van der Waals surface area contributed by atoms with Crippen molar-refractivity contribution in [1.29, 1.82) is 0 Å². The molecule has 0 saturated heterocycles. The first-order chi connectivity index (χ1) is 8.34. The molecule has 1 aliphatic rings. The number of hydrogen-bond donors (Lipinski definition) is 0. The molecule has 0 N–H and O–H groups in total. The molecule has 2 aromatic rings. The number of fused-ring (bicyclic) bond motifs is 1. The van der Waals surface area contributed by atoms with Gasteiger partial charge in [-0.1, -0.05) is 12.2 Å². The van der Waals surface area contributed by atoms with E-state index < -0.39 is 0 Å². The maximum absolute atomic E-state index is 13.3. The van der Waals surface area contributed by atoms with Gasteiger partial charge in [0.25, 0.3) is 0 Å². The molecule has 0 fully saturated rings. The maximum atomic E-state index is 13.3. The molecular weight excluding hydrogens is 217 g/mol. The molecule has 1 aliphatic heterocycles. The fourth-order valence-electron chi connectivity index (χ4n) is 2.10. The van der Waals surface area contributed by atoms with Crippen LogP contribution in [0.1, 0.15) is 6.42 Å². The fourth-order valence-corrected chi connectivity index (χ4v) is 2.10. The minimum Gasteiger partial charge on any atom is -0.352 e. The van der Waals surface area contributed by atoms with E-state index in [1.807, 2.05) is 0 Å². The summed E-state index contributed by atoms with van der Waals surface area (Å²) >= 11 is 0. The summed E-state index contributed by atoms with van der Waals surface area (Å²) in [6, 6.07) is 4.62. The number of anilines is 1. The molecule has 4 heteroatoms. The van der Waals surface area contributed by atoms with Crippen LogP contribution in [0.15, 0.2) is 36.7 Å². The zero-order valence-electron chi connectivity index (χ0n) is 9.31. The van der Waals surface area contributed by atoms with Crippen LogP contribution in [0.2, 0.25) is 0 Å². The molecule has 17 heavy (non-hydrogen) atoms. The third kappa shape index (κ3) is 1.86. The third-order valence-corrected chi connectivity index (χ3v) is 2.93. The third-order valence-electron chi connectivity index (χ3n) is 2.93. The van der Waals surface area contributed by atoms with Gasteiger partial charge in [0.2, 0.25) is 0 Å². The summed E-state index contributed by atoms with van der Waals surface area (Å²) in [4.78, 5) is 10.6. The molecule has 0 unspecified atom stereocenters. The molecule has 0 atom stereocenters. The van der Waals surface area contributed by atoms with Gasteiger partial charge in [-0.3, -0.25) is 0 Å². The minimum absolute atomic E-state index is 0.249. The van der Waals surface area contributed by atoms with Crippen molar-refractivity contribution in [2.24, 2.45) is 0 Å². The van der Waals surface area contributed by atoms with Gasteiger partial charge in [-0.25, -0.2) is 14.4 Å². The molecule has 3 nitrogen and oxygen atoms in total. The van der Waals surface area contributed by atoms with Crippen molar-refractivity contribution in [2.45, 2.75) is 6.42 Å². The van der Waals surface area contributed by atoms with E-state index in [9.17, 15) is 4.39 Å². The number of halogens is 1. The molecule has 0 radical (unpaired) electrons. The number of nitrogens with zero attached hydrogens (tertiary/aromatic N) is 3. The molecule has 0 amide bonds. The molecule has 0 spiro atoms. The lowest BCUT2D eigenvalue weighted by molar-refractivity contribution is 0.629. The monoisotopic (exact) mass is 229 g/mol. The highest BCUT2D eigenvalue weighted by atomic mass is 19.1. The number of benzene rings is 1. The van der Waals surface area contributed by atoms with E-state index in [2.05, 4.69) is 27.0 Å². The van der Waals surface area contributed by atoms with E-state index in [1.165, 1.54) is 18.5 Å². The van der Waals surface area contributed by atoms with Gasteiger partial charge in [0.05, 0.1) is 5.52 Å². The zero-order chi connectivity index (χ0) is 11.7. The minimum atomic E-state index is -0.249. The lowest BCUT2D eigenvalue weighted by Gasteiger charge is -2.25. The Bertz CT molecular complexity index is 580. The number of rotatable bonds is 1. The van der Waals surface area contributed by atoms with Crippen LogP contribution in [0.3, 0.4) is 0 Å². The largest absolute Gasteiger partial charge is 0.352 e. The van der Waals surface area contributed by atoms with E-state index in [1.54, 1.807) is 6.07 Å². The SMILES string of the molecule is Fc1ccc2ncnc(N3CC=CCC3)c2c1. The topological polar surface area (TPSA) is 29.0 Å². The Balaban J connectivity index is 2.14. The van der Waals surface area contributed by atoms with E-state index in [0.29, 0.717) is 0 Å². The predicted octanol–water partition coefficient (Wildman–Crippen LogP) is 2.54. The number of hydrogen-bond acceptors (Lipinski definition) is 3. The van der Waals surface area contributed by atoms with Crippen LogP contribution >= 0.6 is 0 Å². The normalized spacial score (nSPS) is 15.5. The van der Waals surface area contributed by atoms with Gasteiger partial charge in [0.1, 0.15) is 18.0 Å². The first kappa shape index (κ1) is 10.2. The second-order valence-electron chi connectivity index (χ2n) is 4.06. The van der Waals surface area contributed by atoms with Crippen LogP contribution in [-0.4, -0.2) is 23.1 Å². The zero-order valence-corrected chi connectivity index (χ0v) is 9.31. The Morgan fingerprint density at radius 1 is 1.18 bits per heavy atom. The van der Waals surface area contributed by atoms with Gasteiger partial charge in [0.15, 0.2) is 0 Å². The Morgan fingerprint density at radius 2 is 2.12 bits per heavy atom. The van der Waals surface area contributed by atoms with Crippen LogP contribution in [0, 0.1) is 5.82 Å². The number of aromatic nitrogens is 2. The maximum Gasteiger partial charge on any atom is 0.140 e. The summed E-state index contributed by atoms with van der Waals surface area (Å²) in [6.07, 6.45) is 6.80. The Morgan fingerprint density at radius 3 is 2.94 bits per heavy atom. The highest BCUT2D eigenvalue weighted by Gasteiger charge is 2.13. The smallest absolute Gasteiger partial charge is 0.140 e. The fraction of sp³-hybridized carbons (Fsp3) is 0.231. The van der Waals surface area contributed by atoms with Crippen molar-refractivity contribution in [3.8, 4) is 0 Å². The van der Waals surface area contributed by atoms with Gasteiger partial charge in [-0.2, -0.15) is 0 Å². The lowest BCUT2D eigenvalue weighted by atomic mass is 10.2. The van der Waals surface area contributed by atoms with Crippen molar-refractivity contribution in [3.63, 3.8) is 0 Å². The van der Waals surface area contributed by atoms with Crippen LogP contribution in [0.4, 0.5) is 10.2 Å². The summed E-state index contributed by atoms with van der Waals surface area (Å²) < 4.78 is 13.3. The first-order valence-electron chi connectivity index (χ1n) is 5.65. The first-order valence-corrected chi connectivity index (χ1v) is 5.65. The van der Waals surface area contributed by atoms with Crippen molar-refractivity contribution in [2.75, 3.05) is 18.0 Å². The predicted molar refractivity (Wildman–Crippen MR) is 65.5 cm³/mol. The van der Waals surface area contributed by atoms with Gasteiger partial charge in [-0.15, -0.1) is 0 Å². The van der Waals surface area contributed by atoms with Crippen LogP contribution in [-0.2, 0) is 0 Å². The van der Waals surface area contributed by atoms with E-state index in [0.717, 1.165) is 36.2 Å². The average Bonchev–Trinajstić information content (AvgIpc) is 2.39. The van der Waals surface area contributed by atoms with Crippen LogP contribution in [0.25, 0.3) is 10.9 Å².